The zero-order valence-corrected chi connectivity index (χ0v) is 17.2. The summed E-state index contributed by atoms with van der Waals surface area (Å²) < 4.78 is 0. The molecule has 0 spiro atoms. The molecule has 0 radical (unpaired) electrons. The number of hydrogen-bond acceptors (Lipinski definition) is 4. The SMILES string of the molecule is Cc1ccc([C@H]2[C@@H](c3ccccn3)NC(=S)N2c2ccc(N(C)C)cc2)s1. The van der Waals surface area contributed by atoms with Gasteiger partial charge >= 0.3 is 0 Å². The van der Waals surface area contributed by atoms with Crippen molar-refractivity contribution in [1.29, 1.82) is 0 Å². The van der Waals surface area contributed by atoms with Gasteiger partial charge in [-0.25, -0.2) is 0 Å². The van der Waals surface area contributed by atoms with Crippen LogP contribution in [-0.2, 0) is 0 Å². The highest BCUT2D eigenvalue weighted by Crippen LogP contribution is 2.43. The first-order chi connectivity index (χ1) is 13.0. The number of hydrogen-bond donors (Lipinski definition) is 1. The molecule has 3 aromatic rings. The van der Waals surface area contributed by atoms with Crippen molar-refractivity contribution in [3.05, 3.63) is 76.2 Å². The van der Waals surface area contributed by atoms with Crippen LogP contribution in [0.15, 0.2) is 60.8 Å². The number of aromatic nitrogens is 1. The van der Waals surface area contributed by atoms with Crippen molar-refractivity contribution in [3.63, 3.8) is 0 Å². The van der Waals surface area contributed by atoms with E-state index in [0.29, 0.717) is 0 Å². The highest BCUT2D eigenvalue weighted by atomic mass is 32.1. The van der Waals surface area contributed by atoms with E-state index in [9.17, 15) is 0 Å². The van der Waals surface area contributed by atoms with Crippen LogP contribution < -0.4 is 15.1 Å². The molecule has 1 saturated heterocycles. The van der Waals surface area contributed by atoms with Crippen molar-refractivity contribution in [1.82, 2.24) is 10.3 Å². The van der Waals surface area contributed by atoms with Gasteiger partial charge in [-0.15, -0.1) is 11.3 Å². The molecule has 27 heavy (non-hydrogen) atoms. The van der Waals surface area contributed by atoms with Crippen LogP contribution in [0.1, 0.15) is 27.5 Å². The number of thiocarbonyl (C=S) groups is 1. The Morgan fingerprint density at radius 3 is 2.44 bits per heavy atom. The number of aryl methyl sites for hydroxylation is 1. The molecule has 0 amide bonds. The van der Waals surface area contributed by atoms with E-state index in [4.69, 9.17) is 12.2 Å². The van der Waals surface area contributed by atoms with Gasteiger partial charge in [0, 0.05) is 41.4 Å². The van der Waals surface area contributed by atoms with Crippen LogP contribution in [0.25, 0.3) is 0 Å². The summed E-state index contributed by atoms with van der Waals surface area (Å²) in [5.41, 5.74) is 3.26. The van der Waals surface area contributed by atoms with Crippen molar-refractivity contribution in [2.45, 2.75) is 19.0 Å². The quantitative estimate of drug-likeness (QED) is 0.649. The Labute approximate surface area is 169 Å². The van der Waals surface area contributed by atoms with Crippen molar-refractivity contribution in [2.75, 3.05) is 23.9 Å². The largest absolute Gasteiger partial charge is 0.378 e. The molecular formula is C21H22N4S2. The van der Waals surface area contributed by atoms with Crippen LogP contribution in [0.3, 0.4) is 0 Å². The van der Waals surface area contributed by atoms with Gasteiger partial charge < -0.3 is 15.1 Å². The van der Waals surface area contributed by atoms with E-state index >= 15 is 0 Å². The third kappa shape index (κ3) is 3.42. The van der Waals surface area contributed by atoms with Crippen molar-refractivity contribution in [3.8, 4) is 0 Å². The van der Waals surface area contributed by atoms with Gasteiger partial charge in [0.2, 0.25) is 0 Å². The number of pyridine rings is 1. The summed E-state index contributed by atoms with van der Waals surface area (Å²) in [6.07, 6.45) is 1.84. The second kappa shape index (κ2) is 7.29. The third-order valence-electron chi connectivity index (χ3n) is 4.80. The van der Waals surface area contributed by atoms with Crippen LogP contribution in [0.5, 0.6) is 0 Å². The third-order valence-corrected chi connectivity index (χ3v) is 6.18. The number of benzene rings is 1. The summed E-state index contributed by atoms with van der Waals surface area (Å²) in [5.74, 6) is 0. The average molecular weight is 395 g/mol. The van der Waals surface area contributed by atoms with Gasteiger partial charge in [0.25, 0.3) is 0 Å². The van der Waals surface area contributed by atoms with Crippen molar-refractivity contribution in [2.24, 2.45) is 0 Å². The van der Waals surface area contributed by atoms with E-state index in [0.717, 1.165) is 16.5 Å². The van der Waals surface area contributed by atoms with Gasteiger partial charge in [-0.1, -0.05) is 6.07 Å². The highest BCUT2D eigenvalue weighted by Gasteiger charge is 2.41. The summed E-state index contributed by atoms with van der Waals surface area (Å²) >= 11 is 7.56. The minimum Gasteiger partial charge on any atom is -0.378 e. The van der Waals surface area contributed by atoms with E-state index in [1.807, 2.05) is 43.8 Å². The van der Waals surface area contributed by atoms with Crippen LogP contribution in [-0.4, -0.2) is 24.2 Å². The topological polar surface area (TPSA) is 31.4 Å². The predicted octanol–water partition coefficient (Wildman–Crippen LogP) is 4.69. The Bertz CT molecular complexity index is 934. The standard InChI is InChI=1S/C21H22N4S2/c1-14-7-12-18(27-14)20-19(17-6-4-5-13-22-17)23-21(26)25(20)16-10-8-15(9-11-16)24(2)3/h4-13,19-20H,1-3H3,(H,23,26)/t19-,20+/m1/s1. The molecule has 1 N–H and O–H groups in total. The number of nitrogens with one attached hydrogen (secondary N) is 1. The van der Waals surface area contributed by atoms with E-state index in [-0.39, 0.29) is 12.1 Å². The molecule has 1 fully saturated rings. The fraction of sp³-hybridized carbons (Fsp3) is 0.238. The minimum absolute atomic E-state index is 0.0188. The zero-order chi connectivity index (χ0) is 19.0. The van der Waals surface area contributed by atoms with Gasteiger partial charge in [-0.3, -0.25) is 4.98 Å². The van der Waals surface area contributed by atoms with Gasteiger partial charge in [-0.05, 0) is 67.7 Å². The first-order valence-electron chi connectivity index (χ1n) is 8.89. The summed E-state index contributed by atoms with van der Waals surface area (Å²) in [6.45, 7) is 2.14. The van der Waals surface area contributed by atoms with Gasteiger partial charge in [0.15, 0.2) is 5.11 Å². The highest BCUT2D eigenvalue weighted by molar-refractivity contribution is 7.80. The Balaban J connectivity index is 1.78. The van der Waals surface area contributed by atoms with Gasteiger partial charge in [0.05, 0.1) is 17.8 Å². The number of anilines is 2. The second-order valence-corrected chi connectivity index (χ2v) is 8.56. The van der Waals surface area contributed by atoms with E-state index in [1.54, 1.807) is 0 Å². The zero-order valence-electron chi connectivity index (χ0n) is 15.6. The van der Waals surface area contributed by atoms with Crippen LogP contribution in [0.4, 0.5) is 11.4 Å². The molecule has 4 nitrogen and oxygen atoms in total. The Morgan fingerprint density at radius 2 is 1.85 bits per heavy atom. The normalized spacial score (nSPS) is 19.2. The molecule has 0 unspecified atom stereocenters. The fourth-order valence-corrected chi connectivity index (χ4v) is 4.80. The van der Waals surface area contributed by atoms with E-state index in [2.05, 4.69) is 69.5 Å². The second-order valence-electron chi connectivity index (χ2n) is 6.86. The number of rotatable bonds is 4. The lowest BCUT2D eigenvalue weighted by molar-refractivity contribution is 0.575. The van der Waals surface area contributed by atoms with Crippen LogP contribution >= 0.6 is 23.6 Å². The summed E-state index contributed by atoms with van der Waals surface area (Å²) in [4.78, 5) is 11.5. The molecule has 138 valence electrons. The molecule has 0 aliphatic carbocycles. The lowest BCUT2D eigenvalue weighted by atomic mass is 10.0. The average Bonchev–Trinajstić information content (AvgIpc) is 3.25. The van der Waals surface area contributed by atoms with Crippen molar-refractivity contribution >= 4 is 40.0 Å². The fourth-order valence-electron chi connectivity index (χ4n) is 3.45. The molecule has 0 saturated carbocycles. The molecule has 1 aromatic carbocycles. The van der Waals surface area contributed by atoms with Gasteiger partial charge in [-0.2, -0.15) is 0 Å². The minimum atomic E-state index is 0.0188. The monoisotopic (exact) mass is 394 g/mol. The predicted molar refractivity (Wildman–Crippen MR) is 118 cm³/mol. The summed E-state index contributed by atoms with van der Waals surface area (Å²) in [5, 5.41) is 4.24. The lowest BCUT2D eigenvalue weighted by Crippen LogP contribution is -2.29. The lowest BCUT2D eigenvalue weighted by Gasteiger charge is -2.27. The Kier molecular flexibility index (Phi) is 4.85. The molecule has 6 heteroatoms. The Morgan fingerprint density at radius 1 is 1.07 bits per heavy atom. The molecule has 1 aliphatic rings. The molecular weight excluding hydrogens is 372 g/mol. The number of thiophene rings is 1. The van der Waals surface area contributed by atoms with Gasteiger partial charge in [0.1, 0.15) is 0 Å². The summed E-state index contributed by atoms with van der Waals surface area (Å²) in [7, 11) is 4.09. The molecule has 0 bridgehead atoms. The van der Waals surface area contributed by atoms with Crippen molar-refractivity contribution < 1.29 is 0 Å². The smallest absolute Gasteiger partial charge is 0.174 e. The van der Waals surface area contributed by atoms with Crippen LogP contribution in [0.2, 0.25) is 0 Å². The molecule has 3 heterocycles. The van der Waals surface area contributed by atoms with E-state index in [1.165, 1.54) is 15.4 Å². The maximum atomic E-state index is 5.75. The summed E-state index contributed by atoms with van der Waals surface area (Å²) in [6, 6.07) is 19.0. The molecule has 2 atom stereocenters. The Hall–Kier alpha value is -2.44. The van der Waals surface area contributed by atoms with Crippen LogP contribution in [0, 0.1) is 6.92 Å². The molecule has 2 aromatic heterocycles. The first kappa shape index (κ1) is 17.9. The van der Waals surface area contributed by atoms with E-state index < -0.39 is 0 Å². The maximum absolute atomic E-state index is 5.75. The maximum Gasteiger partial charge on any atom is 0.174 e. The number of nitrogens with zero attached hydrogens (tertiary/aromatic N) is 3. The first-order valence-corrected chi connectivity index (χ1v) is 10.1. The molecule has 4 rings (SSSR count). The molecule has 1 aliphatic heterocycles.